The number of rotatable bonds is 6. The molecule has 2 amide bonds. The maximum Gasteiger partial charge on any atom is 0.240 e. The van der Waals surface area contributed by atoms with Crippen molar-refractivity contribution in [2.45, 2.75) is 19.8 Å². The summed E-state index contributed by atoms with van der Waals surface area (Å²) in [4.78, 5) is 23.8. The number of halogens is 1. The van der Waals surface area contributed by atoms with Gasteiger partial charge >= 0.3 is 0 Å². The molecule has 2 aromatic rings. The number of anilines is 1. The van der Waals surface area contributed by atoms with Gasteiger partial charge in [-0.2, -0.15) is 5.10 Å². The summed E-state index contributed by atoms with van der Waals surface area (Å²) in [7, 11) is 0. The monoisotopic (exact) mass is 387 g/mol. The molecule has 7 nitrogen and oxygen atoms in total. The first-order valence-electron chi connectivity index (χ1n) is 8.29. The Hall–Kier alpha value is -3.06. The van der Waals surface area contributed by atoms with Gasteiger partial charge in [-0.05, 0) is 54.4 Å². The summed E-state index contributed by atoms with van der Waals surface area (Å²) in [6.07, 6.45) is 1.57. The van der Waals surface area contributed by atoms with Crippen LogP contribution >= 0.6 is 11.6 Å². The molecule has 1 aliphatic heterocycles. The van der Waals surface area contributed by atoms with Gasteiger partial charge in [0.1, 0.15) is 0 Å². The van der Waals surface area contributed by atoms with Gasteiger partial charge in [0.05, 0.1) is 6.21 Å². The van der Waals surface area contributed by atoms with Gasteiger partial charge in [-0.15, -0.1) is 0 Å². The first-order chi connectivity index (χ1) is 13.0. The van der Waals surface area contributed by atoms with Crippen LogP contribution in [0.5, 0.6) is 11.5 Å². The van der Waals surface area contributed by atoms with Gasteiger partial charge in [0, 0.05) is 23.6 Å². The van der Waals surface area contributed by atoms with Crippen molar-refractivity contribution in [2.24, 2.45) is 5.10 Å². The third kappa shape index (κ3) is 5.21. The number of nitrogens with zero attached hydrogens (tertiary/aromatic N) is 1. The lowest BCUT2D eigenvalue weighted by Crippen LogP contribution is -2.20. The van der Waals surface area contributed by atoms with Crippen molar-refractivity contribution in [2.75, 3.05) is 12.1 Å². The molecule has 1 aliphatic rings. The molecule has 0 saturated carbocycles. The second-order valence-corrected chi connectivity index (χ2v) is 6.35. The van der Waals surface area contributed by atoms with Crippen molar-refractivity contribution in [1.29, 1.82) is 0 Å². The molecule has 0 fully saturated rings. The van der Waals surface area contributed by atoms with E-state index in [0.29, 0.717) is 22.2 Å². The van der Waals surface area contributed by atoms with Crippen molar-refractivity contribution in [3.8, 4) is 11.5 Å². The van der Waals surface area contributed by atoms with E-state index in [4.69, 9.17) is 21.1 Å². The first kappa shape index (κ1) is 18.7. The van der Waals surface area contributed by atoms with Crippen LogP contribution in [0, 0.1) is 6.92 Å². The van der Waals surface area contributed by atoms with E-state index >= 15 is 0 Å². The number of nitrogens with one attached hydrogen (secondary N) is 2. The minimum absolute atomic E-state index is 0.0248. The van der Waals surface area contributed by atoms with E-state index in [9.17, 15) is 9.59 Å². The summed E-state index contributed by atoms with van der Waals surface area (Å²) < 4.78 is 10.5. The van der Waals surface area contributed by atoms with E-state index < -0.39 is 0 Å². The Morgan fingerprint density at radius 2 is 1.89 bits per heavy atom. The molecule has 140 valence electrons. The van der Waals surface area contributed by atoms with E-state index in [0.717, 1.165) is 11.1 Å². The normalized spacial score (nSPS) is 12.2. The highest BCUT2D eigenvalue weighted by Gasteiger charge is 2.12. The summed E-state index contributed by atoms with van der Waals surface area (Å²) in [5.74, 6) is 0.711. The third-order valence-electron chi connectivity index (χ3n) is 3.84. The second kappa shape index (κ2) is 8.55. The summed E-state index contributed by atoms with van der Waals surface area (Å²) in [6, 6.07) is 10.5. The van der Waals surface area contributed by atoms with E-state index in [1.165, 1.54) is 6.21 Å². The van der Waals surface area contributed by atoms with Crippen LogP contribution in [0.2, 0.25) is 5.02 Å². The van der Waals surface area contributed by atoms with Crippen molar-refractivity contribution >= 4 is 35.3 Å². The fourth-order valence-electron chi connectivity index (χ4n) is 2.44. The number of hydrogen-bond acceptors (Lipinski definition) is 5. The average molecular weight is 388 g/mol. The number of aryl methyl sites for hydroxylation is 1. The van der Waals surface area contributed by atoms with Gasteiger partial charge in [0.15, 0.2) is 11.5 Å². The van der Waals surface area contributed by atoms with Crippen LogP contribution in [0.3, 0.4) is 0 Å². The van der Waals surface area contributed by atoms with Crippen LogP contribution in [0.15, 0.2) is 41.5 Å². The van der Waals surface area contributed by atoms with Crippen molar-refractivity contribution < 1.29 is 19.1 Å². The lowest BCUT2D eigenvalue weighted by Gasteiger charge is -2.08. The predicted octanol–water partition coefficient (Wildman–Crippen LogP) is 3.25. The Balaban J connectivity index is 1.43. The minimum Gasteiger partial charge on any atom is -0.454 e. The third-order valence-corrected chi connectivity index (χ3v) is 4.08. The molecule has 0 saturated heterocycles. The van der Waals surface area contributed by atoms with Gasteiger partial charge in [-0.3, -0.25) is 9.59 Å². The van der Waals surface area contributed by atoms with Gasteiger partial charge in [-0.25, -0.2) is 5.43 Å². The topological polar surface area (TPSA) is 89.0 Å². The molecule has 8 heteroatoms. The quantitative estimate of drug-likeness (QED) is 0.588. The molecule has 0 radical (unpaired) electrons. The number of benzene rings is 2. The Kier molecular flexibility index (Phi) is 5.93. The number of amides is 2. The number of carbonyl (C=O) groups excluding carboxylic acids is 2. The van der Waals surface area contributed by atoms with Crippen LogP contribution in [0.25, 0.3) is 0 Å². The van der Waals surface area contributed by atoms with Gasteiger partial charge in [-0.1, -0.05) is 11.6 Å². The average Bonchev–Trinajstić information content (AvgIpc) is 3.10. The molecule has 27 heavy (non-hydrogen) atoms. The maximum atomic E-state index is 12.0. The Morgan fingerprint density at radius 1 is 1.11 bits per heavy atom. The van der Waals surface area contributed by atoms with E-state index in [-0.39, 0.29) is 31.4 Å². The highest BCUT2D eigenvalue weighted by atomic mass is 35.5. The summed E-state index contributed by atoms with van der Waals surface area (Å²) in [5.41, 5.74) is 4.68. The van der Waals surface area contributed by atoms with Crippen LogP contribution in [0.1, 0.15) is 24.0 Å². The highest BCUT2D eigenvalue weighted by Crippen LogP contribution is 2.31. The molecule has 0 aliphatic carbocycles. The number of hydrazone groups is 1. The zero-order chi connectivity index (χ0) is 19.2. The molecular weight excluding hydrogens is 370 g/mol. The number of fused-ring (bicyclic) bond motifs is 1. The Labute approximate surface area is 161 Å². The zero-order valence-electron chi connectivity index (χ0n) is 14.6. The Morgan fingerprint density at radius 3 is 2.70 bits per heavy atom. The highest BCUT2D eigenvalue weighted by molar-refractivity contribution is 6.30. The number of ether oxygens (including phenoxy) is 2. The van der Waals surface area contributed by atoms with Crippen molar-refractivity contribution in [3.63, 3.8) is 0 Å². The van der Waals surface area contributed by atoms with Gasteiger partial charge < -0.3 is 14.8 Å². The molecule has 2 aromatic carbocycles. The van der Waals surface area contributed by atoms with Gasteiger partial charge in [0.2, 0.25) is 18.6 Å². The smallest absolute Gasteiger partial charge is 0.240 e. The molecular formula is C19H18ClN3O4. The van der Waals surface area contributed by atoms with E-state index in [1.807, 2.05) is 6.92 Å². The van der Waals surface area contributed by atoms with Gasteiger partial charge in [0.25, 0.3) is 0 Å². The van der Waals surface area contributed by atoms with Crippen LogP contribution in [-0.4, -0.2) is 24.8 Å². The van der Waals surface area contributed by atoms with Crippen LogP contribution < -0.4 is 20.2 Å². The SMILES string of the molecule is Cc1cc(Cl)ccc1NC(=O)CCC(=O)NN=Cc1ccc2c(c1)OCO2. The zero-order valence-corrected chi connectivity index (χ0v) is 15.4. The Bertz CT molecular complexity index is 899. The lowest BCUT2D eigenvalue weighted by atomic mass is 10.2. The second-order valence-electron chi connectivity index (χ2n) is 5.91. The largest absolute Gasteiger partial charge is 0.454 e. The fraction of sp³-hybridized carbons (Fsp3) is 0.211. The fourth-order valence-corrected chi connectivity index (χ4v) is 2.66. The molecule has 3 rings (SSSR count). The molecule has 0 atom stereocenters. The van der Waals surface area contributed by atoms with E-state index in [1.54, 1.807) is 36.4 Å². The predicted molar refractivity (Wildman–Crippen MR) is 102 cm³/mol. The molecule has 0 bridgehead atoms. The molecule has 0 spiro atoms. The summed E-state index contributed by atoms with van der Waals surface area (Å²) in [5, 5.41) is 7.24. The number of hydrogen-bond donors (Lipinski definition) is 2. The van der Waals surface area contributed by atoms with Crippen molar-refractivity contribution in [1.82, 2.24) is 5.43 Å². The lowest BCUT2D eigenvalue weighted by molar-refractivity contribution is -0.124. The standard InChI is InChI=1S/C19H18ClN3O4/c1-12-8-14(20)3-4-15(12)22-18(24)6-7-19(25)23-21-10-13-2-5-16-17(9-13)27-11-26-16/h2-5,8-10H,6-7,11H2,1H3,(H,22,24)(H,23,25). The maximum absolute atomic E-state index is 12.0. The summed E-state index contributed by atoms with van der Waals surface area (Å²) >= 11 is 5.88. The van der Waals surface area contributed by atoms with E-state index in [2.05, 4.69) is 15.8 Å². The summed E-state index contributed by atoms with van der Waals surface area (Å²) in [6.45, 7) is 2.04. The molecule has 0 aromatic heterocycles. The van der Waals surface area contributed by atoms with Crippen LogP contribution in [0.4, 0.5) is 5.69 Å². The van der Waals surface area contributed by atoms with Crippen LogP contribution in [-0.2, 0) is 9.59 Å². The molecule has 1 heterocycles. The first-order valence-corrected chi connectivity index (χ1v) is 8.66. The van der Waals surface area contributed by atoms with Crippen molar-refractivity contribution in [3.05, 3.63) is 52.5 Å². The number of carbonyl (C=O) groups is 2. The minimum atomic E-state index is -0.352. The molecule has 0 unspecified atom stereocenters. The molecule has 2 N–H and O–H groups in total.